The van der Waals surface area contributed by atoms with Crippen LogP contribution >= 0.6 is 0 Å². The van der Waals surface area contributed by atoms with Gasteiger partial charge in [0.2, 0.25) is 0 Å². The van der Waals surface area contributed by atoms with Crippen molar-refractivity contribution >= 4 is 34.4 Å². The van der Waals surface area contributed by atoms with Gasteiger partial charge in [-0.2, -0.15) is 0 Å². The SMILES string of the molecule is O=C(O)CNC(=O)c1cccc(NC(=O)c2cc(-c3ccccc3)nc3cc(F)ccc23)c1. The number of fused-ring (bicyclic) bond motifs is 1. The van der Waals surface area contributed by atoms with Crippen LogP contribution in [-0.2, 0) is 4.79 Å². The molecule has 33 heavy (non-hydrogen) atoms. The number of amides is 2. The normalized spacial score (nSPS) is 10.6. The number of hydrogen-bond donors (Lipinski definition) is 3. The van der Waals surface area contributed by atoms with Crippen LogP contribution in [0.5, 0.6) is 0 Å². The number of halogens is 1. The van der Waals surface area contributed by atoms with E-state index in [-0.39, 0.29) is 5.56 Å². The number of benzene rings is 3. The van der Waals surface area contributed by atoms with Gasteiger partial charge in [0.05, 0.1) is 16.8 Å². The minimum atomic E-state index is -1.16. The molecule has 3 aromatic carbocycles. The zero-order chi connectivity index (χ0) is 23.4. The van der Waals surface area contributed by atoms with E-state index in [2.05, 4.69) is 15.6 Å². The quantitative estimate of drug-likeness (QED) is 0.416. The van der Waals surface area contributed by atoms with Gasteiger partial charge in [-0.1, -0.05) is 36.4 Å². The summed E-state index contributed by atoms with van der Waals surface area (Å²) in [7, 11) is 0. The number of aliphatic carboxylic acids is 1. The van der Waals surface area contributed by atoms with Gasteiger partial charge in [-0.25, -0.2) is 9.37 Å². The molecular weight excluding hydrogens is 425 g/mol. The third-order valence-corrected chi connectivity index (χ3v) is 4.87. The van der Waals surface area contributed by atoms with Crippen LogP contribution in [0, 0.1) is 5.82 Å². The number of carboxylic acids is 1. The standard InChI is InChI=1S/C25H18FN3O4/c26-17-9-10-19-20(13-21(29-22(19)12-17)15-5-2-1-3-6-15)25(33)28-18-8-4-7-16(11-18)24(32)27-14-23(30)31/h1-13H,14H2,(H,27,32)(H,28,33)(H,30,31). The highest BCUT2D eigenvalue weighted by atomic mass is 19.1. The Hall–Kier alpha value is -4.59. The molecule has 8 heteroatoms. The van der Waals surface area contributed by atoms with Gasteiger partial charge >= 0.3 is 5.97 Å². The maximum atomic E-state index is 13.9. The first-order valence-corrected chi connectivity index (χ1v) is 9.98. The lowest BCUT2D eigenvalue weighted by Gasteiger charge is -2.12. The third-order valence-electron chi connectivity index (χ3n) is 4.87. The van der Waals surface area contributed by atoms with Crippen LogP contribution in [0.1, 0.15) is 20.7 Å². The van der Waals surface area contributed by atoms with Crippen LogP contribution in [0.4, 0.5) is 10.1 Å². The first kappa shape index (κ1) is 21.6. The largest absolute Gasteiger partial charge is 0.480 e. The second-order valence-corrected chi connectivity index (χ2v) is 7.19. The number of anilines is 1. The van der Waals surface area contributed by atoms with E-state index in [0.717, 1.165) is 5.56 Å². The average molecular weight is 443 g/mol. The zero-order valence-corrected chi connectivity index (χ0v) is 17.2. The van der Waals surface area contributed by atoms with Gasteiger partial charge in [0.1, 0.15) is 12.4 Å². The van der Waals surface area contributed by atoms with Crippen molar-refractivity contribution in [3.8, 4) is 11.3 Å². The molecule has 0 atom stereocenters. The molecule has 0 fully saturated rings. The number of hydrogen-bond acceptors (Lipinski definition) is 4. The summed E-state index contributed by atoms with van der Waals surface area (Å²) in [6.45, 7) is -0.517. The number of carboxylic acid groups (broad SMARTS) is 1. The van der Waals surface area contributed by atoms with Crippen molar-refractivity contribution < 1.29 is 23.9 Å². The summed E-state index contributed by atoms with van der Waals surface area (Å²) >= 11 is 0. The Kier molecular flexibility index (Phi) is 6.08. The second-order valence-electron chi connectivity index (χ2n) is 7.19. The van der Waals surface area contributed by atoms with Crippen LogP contribution in [-0.4, -0.2) is 34.4 Å². The Balaban J connectivity index is 1.68. The van der Waals surface area contributed by atoms with Crippen molar-refractivity contribution in [2.45, 2.75) is 0 Å². The molecule has 0 saturated carbocycles. The topological polar surface area (TPSA) is 108 Å². The highest BCUT2D eigenvalue weighted by molar-refractivity contribution is 6.13. The number of nitrogens with one attached hydrogen (secondary N) is 2. The van der Waals surface area contributed by atoms with Crippen molar-refractivity contribution in [3.05, 3.63) is 95.8 Å². The molecule has 0 unspecified atom stereocenters. The molecule has 164 valence electrons. The molecule has 3 N–H and O–H groups in total. The Morgan fingerprint density at radius 2 is 1.67 bits per heavy atom. The minimum absolute atomic E-state index is 0.195. The van der Waals surface area contributed by atoms with Crippen molar-refractivity contribution in [3.63, 3.8) is 0 Å². The Morgan fingerprint density at radius 3 is 2.42 bits per heavy atom. The van der Waals surface area contributed by atoms with Gasteiger partial charge in [0, 0.05) is 28.3 Å². The number of rotatable bonds is 6. The molecule has 4 aromatic rings. The Labute approximate surface area is 187 Å². The highest BCUT2D eigenvalue weighted by Crippen LogP contribution is 2.26. The summed E-state index contributed by atoms with van der Waals surface area (Å²) in [5, 5.41) is 14.2. The predicted molar refractivity (Wildman–Crippen MR) is 122 cm³/mol. The van der Waals surface area contributed by atoms with E-state index < -0.39 is 30.1 Å². The van der Waals surface area contributed by atoms with Gasteiger partial charge in [-0.05, 0) is 36.4 Å². The monoisotopic (exact) mass is 443 g/mol. The van der Waals surface area contributed by atoms with Gasteiger partial charge < -0.3 is 15.7 Å². The number of nitrogens with zero attached hydrogens (tertiary/aromatic N) is 1. The van der Waals surface area contributed by atoms with E-state index in [4.69, 9.17) is 5.11 Å². The van der Waals surface area contributed by atoms with Crippen LogP contribution in [0.2, 0.25) is 0 Å². The molecule has 7 nitrogen and oxygen atoms in total. The highest BCUT2D eigenvalue weighted by Gasteiger charge is 2.16. The summed E-state index contributed by atoms with van der Waals surface area (Å²) in [5.41, 5.74) is 2.45. The maximum absolute atomic E-state index is 13.9. The molecule has 0 bridgehead atoms. The molecule has 0 radical (unpaired) electrons. The molecule has 0 aliphatic heterocycles. The maximum Gasteiger partial charge on any atom is 0.322 e. The summed E-state index contributed by atoms with van der Waals surface area (Å²) < 4.78 is 13.9. The van der Waals surface area contributed by atoms with E-state index in [9.17, 15) is 18.8 Å². The second kappa shape index (κ2) is 9.27. The van der Waals surface area contributed by atoms with Crippen LogP contribution in [0.3, 0.4) is 0 Å². The van der Waals surface area contributed by atoms with Crippen LogP contribution in [0.15, 0.2) is 78.9 Å². The van der Waals surface area contributed by atoms with Gasteiger partial charge in [-0.3, -0.25) is 14.4 Å². The summed E-state index contributed by atoms with van der Waals surface area (Å²) in [5.74, 6) is -2.67. The van der Waals surface area contributed by atoms with E-state index >= 15 is 0 Å². The van der Waals surface area contributed by atoms with E-state index in [1.54, 1.807) is 18.2 Å². The number of carbonyl (C=O) groups is 3. The Bertz CT molecular complexity index is 1370. The molecule has 1 aromatic heterocycles. The number of pyridine rings is 1. The fourth-order valence-corrected chi connectivity index (χ4v) is 3.34. The minimum Gasteiger partial charge on any atom is -0.480 e. The van der Waals surface area contributed by atoms with Gasteiger partial charge in [0.15, 0.2) is 0 Å². The lowest BCUT2D eigenvalue weighted by atomic mass is 10.0. The van der Waals surface area contributed by atoms with Crippen molar-refractivity contribution in [1.82, 2.24) is 10.3 Å². The molecule has 2 amide bonds. The fraction of sp³-hybridized carbons (Fsp3) is 0.0400. The van der Waals surface area contributed by atoms with E-state index in [1.807, 2.05) is 30.3 Å². The smallest absolute Gasteiger partial charge is 0.322 e. The molecule has 4 rings (SSSR count). The molecular formula is C25H18FN3O4. The van der Waals surface area contributed by atoms with Crippen molar-refractivity contribution in [1.29, 1.82) is 0 Å². The lowest BCUT2D eigenvalue weighted by Crippen LogP contribution is -2.29. The molecule has 0 spiro atoms. The summed E-state index contributed by atoms with van der Waals surface area (Å²) in [6, 6.07) is 21.0. The Morgan fingerprint density at radius 1 is 0.879 bits per heavy atom. The molecule has 0 aliphatic carbocycles. The van der Waals surface area contributed by atoms with Crippen molar-refractivity contribution in [2.75, 3.05) is 11.9 Å². The number of carbonyl (C=O) groups excluding carboxylic acids is 2. The van der Waals surface area contributed by atoms with Crippen LogP contribution < -0.4 is 10.6 Å². The predicted octanol–water partition coefficient (Wildman–Crippen LogP) is 4.11. The third kappa shape index (κ3) is 5.01. The van der Waals surface area contributed by atoms with Gasteiger partial charge in [-0.15, -0.1) is 0 Å². The van der Waals surface area contributed by atoms with E-state index in [1.165, 1.54) is 30.3 Å². The number of aromatic nitrogens is 1. The zero-order valence-electron chi connectivity index (χ0n) is 17.2. The van der Waals surface area contributed by atoms with Crippen LogP contribution in [0.25, 0.3) is 22.2 Å². The van der Waals surface area contributed by atoms with E-state index in [0.29, 0.717) is 27.8 Å². The first-order chi connectivity index (χ1) is 15.9. The lowest BCUT2D eigenvalue weighted by molar-refractivity contribution is -0.135. The molecule has 0 saturated heterocycles. The first-order valence-electron chi connectivity index (χ1n) is 9.98. The molecule has 0 aliphatic rings. The molecule has 1 heterocycles. The van der Waals surface area contributed by atoms with Gasteiger partial charge in [0.25, 0.3) is 11.8 Å². The summed E-state index contributed by atoms with van der Waals surface area (Å²) in [4.78, 5) is 40.5. The fourth-order valence-electron chi connectivity index (χ4n) is 3.34. The van der Waals surface area contributed by atoms with Crippen molar-refractivity contribution in [2.24, 2.45) is 0 Å². The average Bonchev–Trinajstić information content (AvgIpc) is 2.82. The summed E-state index contributed by atoms with van der Waals surface area (Å²) in [6.07, 6.45) is 0.